The average Bonchev–Trinajstić information content (AvgIpc) is 2.37. The highest BCUT2D eigenvalue weighted by atomic mass is 32.1. The molecule has 2 aromatic rings. The Labute approximate surface area is 111 Å². The highest BCUT2D eigenvalue weighted by molar-refractivity contribution is 7.80. The van der Waals surface area contributed by atoms with Gasteiger partial charge >= 0.3 is 0 Å². The number of hydrogen-bond donors (Lipinski definition) is 2. The van der Waals surface area contributed by atoms with Gasteiger partial charge in [-0.1, -0.05) is 18.3 Å². The number of aromatic nitrogens is 2. The lowest BCUT2D eigenvalue weighted by molar-refractivity contribution is 1.01. The second-order valence-corrected chi connectivity index (χ2v) is 4.33. The lowest BCUT2D eigenvalue weighted by Crippen LogP contribution is -2.15. The summed E-state index contributed by atoms with van der Waals surface area (Å²) < 4.78 is 0. The molecule has 5 heteroatoms. The van der Waals surface area contributed by atoms with Gasteiger partial charge in [-0.25, -0.2) is 0 Å². The Morgan fingerprint density at radius 3 is 2.89 bits per heavy atom. The first-order valence-corrected chi connectivity index (χ1v) is 5.99. The topological polar surface area (TPSA) is 63.8 Å². The van der Waals surface area contributed by atoms with Crippen LogP contribution < -0.4 is 11.1 Å². The fourth-order valence-corrected chi connectivity index (χ4v) is 1.79. The van der Waals surface area contributed by atoms with Crippen molar-refractivity contribution in [1.82, 2.24) is 9.97 Å². The zero-order chi connectivity index (χ0) is 13.0. The van der Waals surface area contributed by atoms with Gasteiger partial charge in [0.1, 0.15) is 10.7 Å². The third kappa shape index (κ3) is 3.01. The summed E-state index contributed by atoms with van der Waals surface area (Å²) in [4.78, 5) is 8.86. The number of nitrogens with zero attached hydrogens (tertiary/aromatic N) is 2. The summed E-state index contributed by atoms with van der Waals surface area (Å²) in [5.41, 5.74) is 9.02. The number of aryl methyl sites for hydroxylation is 1. The third-order valence-corrected chi connectivity index (χ3v) is 2.64. The largest absolute Gasteiger partial charge is 0.388 e. The van der Waals surface area contributed by atoms with Gasteiger partial charge in [-0.15, -0.1) is 0 Å². The molecule has 0 fully saturated rings. The summed E-state index contributed by atoms with van der Waals surface area (Å²) >= 11 is 4.96. The molecule has 0 aromatic carbocycles. The SMILES string of the molecule is Cc1cccc(CNc2cccnc2C(N)=S)n1. The quantitative estimate of drug-likeness (QED) is 0.822. The van der Waals surface area contributed by atoms with E-state index in [4.69, 9.17) is 18.0 Å². The third-order valence-electron chi connectivity index (χ3n) is 2.45. The maximum Gasteiger partial charge on any atom is 0.124 e. The maximum absolute atomic E-state index is 5.62. The van der Waals surface area contributed by atoms with E-state index < -0.39 is 0 Å². The standard InChI is InChI=1S/C13H14N4S/c1-9-4-2-5-10(17-9)8-16-11-6-3-7-15-12(11)13(14)18/h2-7,16H,8H2,1H3,(H2,14,18). The van der Waals surface area contributed by atoms with Crippen LogP contribution in [0.2, 0.25) is 0 Å². The van der Waals surface area contributed by atoms with Crippen molar-refractivity contribution in [3.05, 3.63) is 53.6 Å². The van der Waals surface area contributed by atoms with Crippen LogP contribution in [0.4, 0.5) is 5.69 Å². The van der Waals surface area contributed by atoms with Gasteiger partial charge in [0.2, 0.25) is 0 Å². The number of thiocarbonyl (C=S) groups is 1. The molecule has 0 atom stereocenters. The molecule has 2 aromatic heterocycles. The Hall–Kier alpha value is -2.01. The molecule has 3 N–H and O–H groups in total. The van der Waals surface area contributed by atoms with Crippen LogP contribution in [0.1, 0.15) is 17.1 Å². The zero-order valence-corrected chi connectivity index (χ0v) is 10.9. The van der Waals surface area contributed by atoms with Gasteiger partial charge in [0.25, 0.3) is 0 Å². The minimum atomic E-state index is 0.287. The molecule has 0 unspecified atom stereocenters. The number of nitrogens with two attached hydrogens (primary N) is 1. The van der Waals surface area contributed by atoms with Gasteiger partial charge < -0.3 is 11.1 Å². The molecule has 0 amide bonds. The van der Waals surface area contributed by atoms with Crippen LogP contribution in [0.15, 0.2) is 36.5 Å². The first-order chi connectivity index (χ1) is 8.66. The Kier molecular flexibility index (Phi) is 3.84. The Morgan fingerprint density at radius 2 is 2.17 bits per heavy atom. The van der Waals surface area contributed by atoms with Gasteiger partial charge in [0.05, 0.1) is 17.9 Å². The van der Waals surface area contributed by atoms with E-state index in [1.165, 1.54) is 0 Å². The summed E-state index contributed by atoms with van der Waals surface area (Å²) in [6, 6.07) is 9.66. The van der Waals surface area contributed by atoms with E-state index in [0.717, 1.165) is 17.1 Å². The van der Waals surface area contributed by atoms with Gasteiger partial charge in [0.15, 0.2) is 0 Å². The highest BCUT2D eigenvalue weighted by Gasteiger charge is 2.05. The molecule has 0 radical (unpaired) electrons. The fourth-order valence-electron chi connectivity index (χ4n) is 1.63. The molecular formula is C13H14N4S. The van der Waals surface area contributed by atoms with Crippen molar-refractivity contribution in [2.75, 3.05) is 5.32 Å². The van der Waals surface area contributed by atoms with Crippen molar-refractivity contribution in [2.45, 2.75) is 13.5 Å². The smallest absolute Gasteiger partial charge is 0.124 e. The van der Waals surface area contributed by atoms with Crippen LogP contribution in [0.3, 0.4) is 0 Å². The molecular weight excluding hydrogens is 244 g/mol. The van der Waals surface area contributed by atoms with Gasteiger partial charge in [-0.3, -0.25) is 9.97 Å². The molecule has 0 bridgehead atoms. The van der Waals surface area contributed by atoms with E-state index in [0.29, 0.717) is 12.2 Å². The van der Waals surface area contributed by atoms with Crippen molar-refractivity contribution in [2.24, 2.45) is 5.73 Å². The van der Waals surface area contributed by atoms with Gasteiger partial charge in [-0.05, 0) is 31.2 Å². The zero-order valence-electron chi connectivity index (χ0n) is 10.1. The molecule has 4 nitrogen and oxygen atoms in total. The van der Waals surface area contributed by atoms with E-state index in [9.17, 15) is 0 Å². The Bertz CT molecular complexity index is 568. The normalized spacial score (nSPS) is 10.1. The number of hydrogen-bond acceptors (Lipinski definition) is 4. The van der Waals surface area contributed by atoms with Crippen molar-refractivity contribution in [1.29, 1.82) is 0 Å². The molecule has 2 heterocycles. The number of rotatable bonds is 4. The lowest BCUT2D eigenvalue weighted by Gasteiger charge is -2.09. The lowest BCUT2D eigenvalue weighted by atomic mass is 10.2. The summed E-state index contributed by atoms with van der Waals surface area (Å²) in [6.07, 6.45) is 1.67. The number of anilines is 1. The second-order valence-electron chi connectivity index (χ2n) is 3.89. The molecule has 0 saturated carbocycles. The molecule has 0 saturated heterocycles. The summed E-state index contributed by atoms with van der Waals surface area (Å²) in [5.74, 6) is 0. The molecule has 18 heavy (non-hydrogen) atoms. The van der Waals surface area contributed by atoms with E-state index in [1.54, 1.807) is 6.20 Å². The highest BCUT2D eigenvalue weighted by Crippen LogP contribution is 2.13. The molecule has 0 aliphatic heterocycles. The fraction of sp³-hybridized carbons (Fsp3) is 0.154. The maximum atomic E-state index is 5.62. The molecule has 92 valence electrons. The summed E-state index contributed by atoms with van der Waals surface area (Å²) in [6.45, 7) is 2.58. The average molecular weight is 258 g/mol. The summed E-state index contributed by atoms with van der Waals surface area (Å²) in [5, 5.41) is 3.25. The first-order valence-electron chi connectivity index (χ1n) is 5.58. The van der Waals surface area contributed by atoms with Crippen molar-refractivity contribution >= 4 is 22.9 Å². The van der Waals surface area contributed by atoms with Crippen LogP contribution in [0.25, 0.3) is 0 Å². The molecule has 0 spiro atoms. The van der Waals surface area contributed by atoms with Gasteiger partial charge in [0, 0.05) is 11.9 Å². The van der Waals surface area contributed by atoms with E-state index in [1.807, 2.05) is 37.3 Å². The summed E-state index contributed by atoms with van der Waals surface area (Å²) in [7, 11) is 0. The minimum absolute atomic E-state index is 0.287. The van der Waals surface area contributed by atoms with E-state index in [2.05, 4.69) is 15.3 Å². The van der Waals surface area contributed by atoms with Crippen LogP contribution in [-0.4, -0.2) is 15.0 Å². The molecule has 0 aliphatic rings. The predicted octanol–water partition coefficient (Wildman–Crippen LogP) is 2.03. The van der Waals surface area contributed by atoms with Crippen LogP contribution in [-0.2, 0) is 6.54 Å². The van der Waals surface area contributed by atoms with E-state index in [-0.39, 0.29) is 4.99 Å². The first kappa shape index (κ1) is 12.4. The van der Waals surface area contributed by atoms with Gasteiger partial charge in [-0.2, -0.15) is 0 Å². The Balaban J connectivity index is 2.13. The predicted molar refractivity (Wildman–Crippen MR) is 76.4 cm³/mol. The molecule has 0 aliphatic carbocycles. The van der Waals surface area contributed by atoms with Crippen molar-refractivity contribution in [3.8, 4) is 0 Å². The second kappa shape index (κ2) is 5.55. The Morgan fingerprint density at radius 1 is 1.33 bits per heavy atom. The number of nitrogens with one attached hydrogen (secondary N) is 1. The van der Waals surface area contributed by atoms with Crippen LogP contribution in [0, 0.1) is 6.92 Å². The van der Waals surface area contributed by atoms with Crippen molar-refractivity contribution in [3.63, 3.8) is 0 Å². The van der Waals surface area contributed by atoms with E-state index >= 15 is 0 Å². The van der Waals surface area contributed by atoms with Crippen molar-refractivity contribution < 1.29 is 0 Å². The number of pyridine rings is 2. The van der Waals surface area contributed by atoms with Crippen LogP contribution in [0.5, 0.6) is 0 Å². The minimum Gasteiger partial charge on any atom is -0.388 e. The molecule has 2 rings (SSSR count). The van der Waals surface area contributed by atoms with Crippen LogP contribution >= 0.6 is 12.2 Å². The monoisotopic (exact) mass is 258 g/mol.